The van der Waals surface area contributed by atoms with Gasteiger partial charge < -0.3 is 15.7 Å². The minimum absolute atomic E-state index is 0.0203. The summed E-state index contributed by atoms with van der Waals surface area (Å²) in [5, 5.41) is 9.51. The van der Waals surface area contributed by atoms with Gasteiger partial charge in [0.1, 0.15) is 5.75 Å². The average molecular weight is 455 g/mol. The molecule has 0 saturated heterocycles. The number of primary amides is 1. The third-order valence-electron chi connectivity index (χ3n) is 6.45. The number of benzene rings is 1. The summed E-state index contributed by atoms with van der Waals surface area (Å²) in [5.74, 6) is -2.46. The van der Waals surface area contributed by atoms with Crippen LogP contribution in [0.25, 0.3) is 0 Å². The first-order chi connectivity index (χ1) is 14.4. The number of halogens is 3. The molecule has 2 unspecified atom stereocenters. The van der Waals surface area contributed by atoms with Gasteiger partial charge in [-0.2, -0.15) is 13.2 Å². The van der Waals surface area contributed by atoms with Gasteiger partial charge in [-0.25, -0.2) is 0 Å². The molecule has 0 spiro atoms. The van der Waals surface area contributed by atoms with Gasteiger partial charge in [0, 0.05) is 27.6 Å². The van der Waals surface area contributed by atoms with Gasteiger partial charge in [0.05, 0.1) is 5.41 Å². The normalized spacial score (nSPS) is 18.5. The predicted octanol–water partition coefficient (Wildman–Crippen LogP) is 4.85. The van der Waals surface area contributed by atoms with Crippen molar-refractivity contribution in [2.24, 2.45) is 17.1 Å². The number of alkyl halides is 3. The molecule has 0 aliphatic heterocycles. The number of nitrogens with zero attached hydrogens (tertiary/aromatic N) is 1. The lowest BCUT2D eigenvalue weighted by Gasteiger charge is -2.36. The van der Waals surface area contributed by atoms with E-state index in [0.717, 1.165) is 10.4 Å². The number of likely N-dealkylation sites (N-methyl/N-ethyl adjacent to an activating group) is 1. The molecule has 8 heteroatoms. The number of nitrogens with two attached hydrogens (primary N) is 1. The van der Waals surface area contributed by atoms with Crippen LogP contribution in [0, 0.1) is 18.3 Å². The number of phenolic OH excluding ortho intramolecular Hbond substituents is 1. The Bertz CT molecular complexity index is 904. The first kappa shape index (κ1) is 23.6. The second-order valence-corrected chi connectivity index (χ2v) is 10.1. The van der Waals surface area contributed by atoms with Crippen molar-refractivity contribution < 1.29 is 23.1 Å². The fourth-order valence-corrected chi connectivity index (χ4v) is 5.63. The molecule has 1 aromatic carbocycles. The number of carbonyl (C=O) groups is 1. The van der Waals surface area contributed by atoms with Gasteiger partial charge in [0.15, 0.2) is 0 Å². The summed E-state index contributed by atoms with van der Waals surface area (Å²) in [6.07, 6.45) is -3.60. The van der Waals surface area contributed by atoms with Crippen molar-refractivity contribution in [2.45, 2.75) is 50.7 Å². The van der Waals surface area contributed by atoms with Crippen LogP contribution in [-0.2, 0) is 11.2 Å². The molecule has 0 radical (unpaired) electrons. The van der Waals surface area contributed by atoms with Gasteiger partial charge in [0.2, 0.25) is 5.91 Å². The number of rotatable bonds is 9. The van der Waals surface area contributed by atoms with Gasteiger partial charge in [-0.15, -0.1) is 11.3 Å². The topological polar surface area (TPSA) is 66.6 Å². The van der Waals surface area contributed by atoms with Crippen molar-refractivity contribution in [1.82, 2.24) is 4.90 Å². The summed E-state index contributed by atoms with van der Waals surface area (Å²) < 4.78 is 42.5. The number of hydrogen-bond donors (Lipinski definition) is 2. The van der Waals surface area contributed by atoms with Crippen LogP contribution in [-0.4, -0.2) is 42.2 Å². The van der Waals surface area contributed by atoms with Crippen molar-refractivity contribution in [3.63, 3.8) is 0 Å². The quantitative estimate of drug-likeness (QED) is 0.569. The summed E-state index contributed by atoms with van der Waals surface area (Å²) in [6.45, 7) is 1.85. The lowest BCUT2D eigenvalue weighted by atomic mass is 9.73. The molecule has 3 atom stereocenters. The Labute approximate surface area is 184 Å². The van der Waals surface area contributed by atoms with E-state index in [1.54, 1.807) is 36.4 Å². The van der Waals surface area contributed by atoms with Gasteiger partial charge in [-0.1, -0.05) is 12.1 Å². The summed E-state index contributed by atoms with van der Waals surface area (Å²) >= 11 is 1.32. The highest BCUT2D eigenvalue weighted by Gasteiger charge is 2.69. The lowest BCUT2D eigenvalue weighted by molar-refractivity contribution is -0.198. The van der Waals surface area contributed by atoms with E-state index in [1.807, 2.05) is 25.9 Å². The number of phenols is 1. The Morgan fingerprint density at radius 3 is 2.23 bits per heavy atom. The fourth-order valence-electron chi connectivity index (χ4n) is 4.47. The minimum Gasteiger partial charge on any atom is -0.508 e. The molecule has 1 aliphatic rings. The third-order valence-corrected chi connectivity index (χ3v) is 7.53. The van der Waals surface area contributed by atoms with Gasteiger partial charge in [0.25, 0.3) is 0 Å². The number of carbonyl (C=O) groups excluding carboxylic acids is 1. The third kappa shape index (κ3) is 5.06. The first-order valence-corrected chi connectivity index (χ1v) is 11.1. The monoisotopic (exact) mass is 454 g/mol. The van der Waals surface area contributed by atoms with Crippen LogP contribution in [0.4, 0.5) is 13.2 Å². The van der Waals surface area contributed by atoms with E-state index < -0.39 is 29.3 Å². The van der Waals surface area contributed by atoms with E-state index in [2.05, 4.69) is 0 Å². The molecule has 2 aromatic rings. The summed E-state index contributed by atoms with van der Waals surface area (Å²) in [4.78, 5) is 16.0. The van der Waals surface area contributed by atoms with E-state index in [0.29, 0.717) is 11.3 Å². The molecule has 3 N–H and O–H groups in total. The largest absolute Gasteiger partial charge is 0.508 e. The molecule has 0 bridgehead atoms. The lowest BCUT2D eigenvalue weighted by Crippen LogP contribution is -2.43. The van der Waals surface area contributed by atoms with Crippen LogP contribution in [0.15, 0.2) is 36.4 Å². The maximum atomic E-state index is 14.2. The molecule has 1 aliphatic carbocycles. The molecular weight excluding hydrogens is 425 g/mol. The first-order valence-electron chi connectivity index (χ1n) is 10.3. The predicted molar refractivity (Wildman–Crippen MR) is 116 cm³/mol. The highest BCUT2D eigenvalue weighted by atomic mass is 32.1. The van der Waals surface area contributed by atoms with Crippen molar-refractivity contribution in [3.05, 3.63) is 51.7 Å². The molecule has 4 nitrogen and oxygen atoms in total. The zero-order valence-corrected chi connectivity index (χ0v) is 18.8. The number of amides is 1. The van der Waals surface area contributed by atoms with Crippen molar-refractivity contribution in [2.75, 3.05) is 14.1 Å². The van der Waals surface area contributed by atoms with Crippen LogP contribution in [0.1, 0.15) is 40.5 Å². The summed E-state index contributed by atoms with van der Waals surface area (Å²) in [7, 11) is 3.70. The Morgan fingerprint density at radius 2 is 1.81 bits per heavy atom. The Morgan fingerprint density at radius 1 is 1.19 bits per heavy atom. The van der Waals surface area contributed by atoms with Crippen LogP contribution >= 0.6 is 11.3 Å². The molecule has 170 valence electrons. The van der Waals surface area contributed by atoms with Gasteiger partial charge in [-0.05, 0) is 76.5 Å². The Hall–Kier alpha value is -2.06. The molecule has 1 heterocycles. The zero-order valence-electron chi connectivity index (χ0n) is 17.9. The van der Waals surface area contributed by atoms with Crippen LogP contribution in [0.2, 0.25) is 0 Å². The SMILES string of the molecule is Cc1ccc(C(C(C[C@@H](Cc2ccc(O)cc2)N(C)C)C(N)=O)C2(C(F)(F)F)CC2)s1. The second-order valence-electron chi connectivity index (χ2n) is 8.81. The highest BCUT2D eigenvalue weighted by molar-refractivity contribution is 7.12. The highest BCUT2D eigenvalue weighted by Crippen LogP contribution is 2.68. The maximum Gasteiger partial charge on any atom is 0.395 e. The maximum absolute atomic E-state index is 14.2. The zero-order chi connectivity index (χ0) is 23.0. The molecule has 1 aromatic heterocycles. The molecule has 1 amide bonds. The Balaban J connectivity index is 1.96. The molecule has 3 rings (SSSR count). The van der Waals surface area contributed by atoms with Crippen molar-refractivity contribution in [1.29, 1.82) is 0 Å². The summed E-state index contributed by atoms with van der Waals surface area (Å²) in [6, 6.07) is 10.1. The molecular formula is C23H29F3N2O2S. The van der Waals surface area contributed by atoms with E-state index in [9.17, 15) is 23.1 Å². The van der Waals surface area contributed by atoms with Crippen LogP contribution in [0.3, 0.4) is 0 Å². The number of thiophene rings is 1. The summed E-state index contributed by atoms with van der Waals surface area (Å²) in [5.41, 5.74) is 4.80. The van der Waals surface area contributed by atoms with E-state index in [4.69, 9.17) is 5.73 Å². The van der Waals surface area contributed by atoms with Crippen molar-refractivity contribution >= 4 is 17.2 Å². The average Bonchev–Trinajstić information content (AvgIpc) is 3.37. The fraction of sp³-hybridized carbons (Fsp3) is 0.522. The Kier molecular flexibility index (Phi) is 6.72. The molecule has 1 fully saturated rings. The van der Waals surface area contributed by atoms with Crippen LogP contribution in [0.5, 0.6) is 5.75 Å². The number of aromatic hydroxyl groups is 1. The smallest absolute Gasteiger partial charge is 0.395 e. The van der Waals surface area contributed by atoms with Gasteiger partial charge in [-0.3, -0.25) is 4.79 Å². The van der Waals surface area contributed by atoms with Gasteiger partial charge >= 0.3 is 6.18 Å². The van der Waals surface area contributed by atoms with E-state index in [-0.39, 0.29) is 31.1 Å². The van der Waals surface area contributed by atoms with Crippen molar-refractivity contribution in [3.8, 4) is 5.75 Å². The van der Waals surface area contributed by atoms with E-state index >= 15 is 0 Å². The standard InChI is InChI=1S/C23H29F3N2O2S/c1-14-4-9-19(31-14)20(22(10-11-22)23(24,25)26)18(21(27)30)13-16(28(2)3)12-15-5-7-17(29)8-6-15/h4-9,16,18,20,29H,10-13H2,1-3H3,(H2,27,30)/t16-,18?,20?/m1/s1. The molecule has 1 saturated carbocycles. The molecule has 31 heavy (non-hydrogen) atoms. The number of aryl methyl sites for hydroxylation is 1. The van der Waals surface area contributed by atoms with E-state index in [1.165, 1.54) is 11.3 Å². The number of hydrogen-bond acceptors (Lipinski definition) is 4. The second kappa shape index (κ2) is 8.82. The van der Waals surface area contributed by atoms with Crippen LogP contribution < -0.4 is 5.73 Å². The minimum atomic E-state index is -4.40.